The molecule has 0 saturated carbocycles. The molecule has 1 aromatic carbocycles. The molecule has 0 atom stereocenters. The molecule has 5 nitrogen and oxygen atoms in total. The number of benzene rings is 1. The van der Waals surface area contributed by atoms with E-state index >= 15 is 0 Å². The standard InChI is InChI=1S/C14H19N3O2S/c1-12-6-8-17(9-7-12)20(18,19)16(2)14-5-3-4-13(10-14)11-15/h3-5,10,12H,6-9H2,1-2H3. The van der Waals surface area contributed by atoms with Crippen LogP contribution in [0.3, 0.4) is 0 Å². The van der Waals surface area contributed by atoms with E-state index < -0.39 is 10.2 Å². The van der Waals surface area contributed by atoms with Gasteiger partial charge in [0, 0.05) is 20.1 Å². The molecule has 0 spiro atoms. The van der Waals surface area contributed by atoms with Gasteiger partial charge in [0.1, 0.15) is 0 Å². The average molecular weight is 293 g/mol. The lowest BCUT2D eigenvalue weighted by Gasteiger charge is -2.33. The SMILES string of the molecule is CC1CCN(S(=O)(=O)N(C)c2cccc(C#N)c2)CC1. The molecule has 0 aliphatic carbocycles. The maximum atomic E-state index is 12.6. The third kappa shape index (κ3) is 2.94. The lowest BCUT2D eigenvalue weighted by Crippen LogP contribution is -2.45. The summed E-state index contributed by atoms with van der Waals surface area (Å²) in [5, 5.41) is 8.90. The van der Waals surface area contributed by atoms with Gasteiger partial charge in [-0.25, -0.2) is 0 Å². The van der Waals surface area contributed by atoms with Crippen LogP contribution in [0.5, 0.6) is 0 Å². The highest BCUT2D eigenvalue weighted by molar-refractivity contribution is 7.90. The van der Waals surface area contributed by atoms with Crippen LogP contribution in [0.25, 0.3) is 0 Å². The fraction of sp³-hybridized carbons (Fsp3) is 0.500. The number of hydrogen-bond acceptors (Lipinski definition) is 3. The third-order valence-corrected chi connectivity index (χ3v) is 5.67. The van der Waals surface area contributed by atoms with Crippen molar-refractivity contribution in [1.29, 1.82) is 5.26 Å². The summed E-state index contributed by atoms with van der Waals surface area (Å²) < 4.78 is 27.9. The second-order valence-corrected chi connectivity index (χ2v) is 7.18. The Morgan fingerprint density at radius 1 is 1.35 bits per heavy atom. The van der Waals surface area contributed by atoms with Crippen molar-refractivity contribution in [3.8, 4) is 6.07 Å². The Bertz CT molecular complexity index is 614. The maximum absolute atomic E-state index is 12.6. The minimum atomic E-state index is -3.51. The quantitative estimate of drug-likeness (QED) is 0.856. The second kappa shape index (κ2) is 5.81. The van der Waals surface area contributed by atoms with Gasteiger partial charge < -0.3 is 0 Å². The third-order valence-electron chi connectivity index (χ3n) is 3.75. The highest BCUT2D eigenvalue weighted by Gasteiger charge is 2.30. The summed E-state index contributed by atoms with van der Waals surface area (Å²) >= 11 is 0. The Hall–Kier alpha value is -1.58. The first-order valence-corrected chi connectivity index (χ1v) is 8.09. The molecule has 1 aliphatic heterocycles. The van der Waals surface area contributed by atoms with E-state index in [9.17, 15) is 8.42 Å². The second-order valence-electron chi connectivity index (χ2n) is 5.22. The first kappa shape index (κ1) is 14.8. The van der Waals surface area contributed by atoms with Crippen LogP contribution in [-0.4, -0.2) is 32.9 Å². The number of anilines is 1. The van der Waals surface area contributed by atoms with Gasteiger partial charge in [-0.2, -0.15) is 18.0 Å². The zero-order valence-corrected chi connectivity index (χ0v) is 12.6. The van der Waals surface area contributed by atoms with Crippen LogP contribution in [0, 0.1) is 17.2 Å². The zero-order valence-electron chi connectivity index (χ0n) is 11.8. The van der Waals surface area contributed by atoms with Crippen LogP contribution >= 0.6 is 0 Å². The van der Waals surface area contributed by atoms with Crippen molar-refractivity contribution in [2.24, 2.45) is 5.92 Å². The summed E-state index contributed by atoms with van der Waals surface area (Å²) in [6.45, 7) is 3.27. The molecule has 20 heavy (non-hydrogen) atoms. The van der Waals surface area contributed by atoms with Crippen LogP contribution < -0.4 is 4.31 Å². The van der Waals surface area contributed by atoms with Gasteiger partial charge in [-0.3, -0.25) is 4.31 Å². The normalized spacial score (nSPS) is 17.6. The van der Waals surface area contributed by atoms with E-state index in [0.717, 1.165) is 12.8 Å². The van der Waals surface area contributed by atoms with E-state index in [-0.39, 0.29) is 0 Å². The molecule has 0 radical (unpaired) electrons. The summed E-state index contributed by atoms with van der Waals surface area (Å²) in [6, 6.07) is 8.66. The summed E-state index contributed by atoms with van der Waals surface area (Å²) in [4.78, 5) is 0. The molecule has 1 heterocycles. The van der Waals surface area contributed by atoms with Crippen molar-refractivity contribution in [2.45, 2.75) is 19.8 Å². The molecule has 108 valence electrons. The van der Waals surface area contributed by atoms with Crippen LogP contribution in [0.1, 0.15) is 25.3 Å². The Kier molecular flexibility index (Phi) is 4.31. The number of nitrogens with zero attached hydrogens (tertiary/aromatic N) is 3. The van der Waals surface area contributed by atoms with Crippen molar-refractivity contribution >= 4 is 15.9 Å². The monoisotopic (exact) mass is 293 g/mol. The maximum Gasteiger partial charge on any atom is 0.303 e. The van der Waals surface area contributed by atoms with Gasteiger partial charge in [0.15, 0.2) is 0 Å². The van der Waals surface area contributed by atoms with E-state index in [1.807, 2.05) is 6.07 Å². The molecule has 0 unspecified atom stereocenters. The molecular formula is C14H19N3O2S. The van der Waals surface area contributed by atoms with Crippen molar-refractivity contribution in [3.05, 3.63) is 29.8 Å². The number of hydrogen-bond donors (Lipinski definition) is 0. The summed E-state index contributed by atoms with van der Waals surface area (Å²) in [6.07, 6.45) is 1.79. The van der Waals surface area contributed by atoms with Crippen molar-refractivity contribution < 1.29 is 8.42 Å². The highest BCUT2D eigenvalue weighted by Crippen LogP contribution is 2.24. The molecular weight excluding hydrogens is 274 g/mol. The van der Waals surface area contributed by atoms with Crippen LogP contribution in [0.15, 0.2) is 24.3 Å². The van der Waals surface area contributed by atoms with Crippen LogP contribution in [0.2, 0.25) is 0 Å². The summed E-state index contributed by atoms with van der Waals surface area (Å²) in [5.74, 6) is 0.577. The molecule has 0 bridgehead atoms. The molecule has 2 rings (SSSR count). The largest absolute Gasteiger partial charge is 0.303 e. The fourth-order valence-electron chi connectivity index (χ4n) is 2.29. The van der Waals surface area contributed by atoms with Gasteiger partial charge in [0.05, 0.1) is 17.3 Å². The molecule has 6 heteroatoms. The predicted octanol–water partition coefficient (Wildman–Crippen LogP) is 1.97. The number of nitriles is 1. The van der Waals surface area contributed by atoms with E-state index in [1.165, 1.54) is 15.7 Å². The Morgan fingerprint density at radius 2 is 2.00 bits per heavy atom. The first-order chi connectivity index (χ1) is 9.45. The Balaban J connectivity index is 2.22. The van der Waals surface area contributed by atoms with Crippen molar-refractivity contribution in [1.82, 2.24) is 4.31 Å². The van der Waals surface area contributed by atoms with E-state index in [0.29, 0.717) is 30.3 Å². The summed E-state index contributed by atoms with van der Waals surface area (Å²) in [7, 11) is -1.97. The molecule has 0 aromatic heterocycles. The Morgan fingerprint density at radius 3 is 2.60 bits per heavy atom. The zero-order chi connectivity index (χ0) is 14.8. The topological polar surface area (TPSA) is 64.4 Å². The van der Waals surface area contributed by atoms with Gasteiger partial charge in [-0.05, 0) is 37.0 Å². The average Bonchev–Trinajstić information content (AvgIpc) is 2.47. The van der Waals surface area contributed by atoms with Gasteiger partial charge >= 0.3 is 10.2 Å². The highest BCUT2D eigenvalue weighted by atomic mass is 32.2. The summed E-state index contributed by atoms with van der Waals surface area (Å²) in [5.41, 5.74) is 0.972. The smallest absolute Gasteiger partial charge is 0.261 e. The van der Waals surface area contributed by atoms with E-state index in [2.05, 4.69) is 6.92 Å². The molecule has 0 N–H and O–H groups in total. The van der Waals surface area contributed by atoms with Crippen LogP contribution in [-0.2, 0) is 10.2 Å². The predicted molar refractivity (Wildman–Crippen MR) is 78.5 cm³/mol. The molecule has 1 fully saturated rings. The van der Waals surface area contributed by atoms with Gasteiger partial charge in [0.25, 0.3) is 0 Å². The molecule has 1 aliphatic rings. The fourth-order valence-corrected chi connectivity index (χ4v) is 3.69. The Labute approximate surface area is 120 Å². The minimum absolute atomic E-state index is 0.455. The van der Waals surface area contributed by atoms with Gasteiger partial charge in [-0.15, -0.1) is 0 Å². The van der Waals surface area contributed by atoms with Gasteiger partial charge in [0.2, 0.25) is 0 Å². The number of piperidine rings is 1. The lowest BCUT2D eigenvalue weighted by molar-refractivity contribution is 0.287. The van der Waals surface area contributed by atoms with Gasteiger partial charge in [-0.1, -0.05) is 13.0 Å². The van der Waals surface area contributed by atoms with E-state index in [4.69, 9.17) is 5.26 Å². The first-order valence-electron chi connectivity index (χ1n) is 6.69. The molecule has 0 amide bonds. The number of rotatable bonds is 3. The van der Waals surface area contributed by atoms with Crippen molar-refractivity contribution in [3.63, 3.8) is 0 Å². The molecule has 1 saturated heterocycles. The van der Waals surface area contributed by atoms with E-state index in [1.54, 1.807) is 24.3 Å². The van der Waals surface area contributed by atoms with Crippen molar-refractivity contribution in [2.75, 3.05) is 24.4 Å². The van der Waals surface area contributed by atoms with Crippen LogP contribution in [0.4, 0.5) is 5.69 Å². The minimum Gasteiger partial charge on any atom is -0.261 e. The lowest BCUT2D eigenvalue weighted by atomic mass is 10.0. The molecule has 1 aromatic rings.